The molecule has 0 unspecified atom stereocenters. The Morgan fingerprint density at radius 2 is 2.38 bits per heavy atom. The molecule has 2 heterocycles. The summed E-state index contributed by atoms with van der Waals surface area (Å²) in [6, 6.07) is 5.16. The van der Waals surface area contributed by atoms with E-state index >= 15 is 0 Å². The molecule has 7 heteroatoms. The van der Waals surface area contributed by atoms with Gasteiger partial charge in [0.1, 0.15) is 12.0 Å². The number of nitrogens with zero attached hydrogens (tertiary/aromatic N) is 4. The van der Waals surface area contributed by atoms with Crippen molar-refractivity contribution in [2.75, 3.05) is 0 Å². The predicted molar refractivity (Wildman–Crippen MR) is 58.6 cm³/mol. The van der Waals surface area contributed by atoms with E-state index in [0.717, 1.165) is 11.9 Å². The topological polar surface area (TPSA) is 72.7 Å². The molecule has 0 fully saturated rings. The van der Waals surface area contributed by atoms with E-state index in [1.54, 1.807) is 42.3 Å². The van der Waals surface area contributed by atoms with Crippen LogP contribution in [0.2, 0.25) is 0 Å². The van der Waals surface area contributed by atoms with Crippen molar-refractivity contribution in [1.29, 1.82) is 0 Å². The van der Waals surface area contributed by atoms with E-state index in [2.05, 4.69) is 19.9 Å². The average Bonchev–Trinajstić information content (AvgIpc) is 2.73. The van der Waals surface area contributed by atoms with Gasteiger partial charge < -0.3 is 4.57 Å². The molecule has 16 heavy (non-hydrogen) atoms. The molecule has 0 aliphatic heterocycles. The first-order valence-corrected chi connectivity index (χ1v) is 5.31. The Morgan fingerprint density at radius 1 is 1.50 bits per heavy atom. The third-order valence-electron chi connectivity index (χ3n) is 1.80. The smallest absolute Gasteiger partial charge is 0.280 e. The number of aryl methyl sites for hydroxylation is 1. The fourth-order valence-electron chi connectivity index (χ4n) is 1.01. The zero-order valence-electron chi connectivity index (χ0n) is 8.49. The lowest BCUT2D eigenvalue weighted by molar-refractivity contribution is 0.0979. The van der Waals surface area contributed by atoms with Crippen LogP contribution in [0.1, 0.15) is 10.5 Å². The van der Waals surface area contributed by atoms with Crippen molar-refractivity contribution in [3.63, 3.8) is 0 Å². The van der Waals surface area contributed by atoms with Crippen LogP contribution in [0.4, 0.5) is 0 Å². The van der Waals surface area contributed by atoms with Gasteiger partial charge in [-0.2, -0.15) is 0 Å². The largest absolute Gasteiger partial charge is 0.310 e. The van der Waals surface area contributed by atoms with E-state index in [1.165, 1.54) is 0 Å². The Morgan fingerprint density at radius 3 is 3.00 bits per heavy atom. The number of hydrogen-bond donors (Lipinski definition) is 1. The number of pyridine rings is 1. The Bertz CT molecular complexity index is 484. The molecule has 0 radical (unpaired) electrons. The number of rotatable bonds is 3. The molecule has 1 amide bonds. The Kier molecular flexibility index (Phi) is 3.16. The molecule has 0 spiro atoms. The van der Waals surface area contributed by atoms with Crippen LogP contribution in [0, 0.1) is 0 Å². The minimum absolute atomic E-state index is 0.256. The van der Waals surface area contributed by atoms with Gasteiger partial charge in [0.15, 0.2) is 0 Å². The summed E-state index contributed by atoms with van der Waals surface area (Å²) in [6.07, 6.45) is 3.14. The summed E-state index contributed by atoms with van der Waals surface area (Å²) in [5, 5.41) is 8.13. The van der Waals surface area contributed by atoms with Crippen LogP contribution in [-0.4, -0.2) is 25.7 Å². The van der Waals surface area contributed by atoms with Crippen LogP contribution < -0.4 is 4.72 Å². The lowest BCUT2D eigenvalue weighted by Gasteiger charge is -2.01. The van der Waals surface area contributed by atoms with Gasteiger partial charge in [0.2, 0.25) is 5.16 Å². The molecule has 0 aliphatic rings. The quantitative estimate of drug-likeness (QED) is 0.791. The van der Waals surface area contributed by atoms with E-state index in [0.29, 0.717) is 10.9 Å². The molecule has 82 valence electrons. The lowest BCUT2D eigenvalue weighted by atomic mass is 10.3. The highest BCUT2D eigenvalue weighted by atomic mass is 32.2. The third kappa shape index (κ3) is 2.37. The summed E-state index contributed by atoms with van der Waals surface area (Å²) in [5.74, 6) is -0.256. The van der Waals surface area contributed by atoms with Crippen LogP contribution in [0.3, 0.4) is 0 Å². The summed E-state index contributed by atoms with van der Waals surface area (Å²) >= 11 is 1.11. The van der Waals surface area contributed by atoms with Gasteiger partial charge in [-0.3, -0.25) is 14.5 Å². The van der Waals surface area contributed by atoms with E-state index in [-0.39, 0.29) is 5.91 Å². The molecule has 1 N–H and O–H groups in total. The number of aromatic nitrogens is 4. The van der Waals surface area contributed by atoms with Crippen molar-refractivity contribution in [2.24, 2.45) is 7.05 Å². The summed E-state index contributed by atoms with van der Waals surface area (Å²) < 4.78 is 4.35. The minimum atomic E-state index is -0.256. The highest BCUT2D eigenvalue weighted by Gasteiger charge is 2.08. The van der Waals surface area contributed by atoms with Crippen molar-refractivity contribution >= 4 is 17.9 Å². The van der Waals surface area contributed by atoms with Gasteiger partial charge in [0, 0.05) is 25.2 Å². The highest BCUT2D eigenvalue weighted by Crippen LogP contribution is 2.09. The summed E-state index contributed by atoms with van der Waals surface area (Å²) in [4.78, 5) is 15.5. The van der Waals surface area contributed by atoms with Gasteiger partial charge in [-0.1, -0.05) is 6.07 Å². The molecule has 0 saturated heterocycles. The van der Waals surface area contributed by atoms with Gasteiger partial charge in [-0.15, -0.1) is 10.2 Å². The fraction of sp³-hybridized carbons (Fsp3) is 0.111. The monoisotopic (exact) mass is 235 g/mol. The van der Waals surface area contributed by atoms with Crippen LogP contribution >= 0.6 is 11.9 Å². The average molecular weight is 235 g/mol. The summed E-state index contributed by atoms with van der Waals surface area (Å²) in [6.45, 7) is 0. The molecule has 0 saturated carbocycles. The standard InChI is InChI=1S/C9H9N5OS/c1-14-6-11-12-9(14)16-13-8(15)7-4-2-3-5-10-7/h2-6H,1H3,(H,13,15). The first kappa shape index (κ1) is 10.6. The number of hydrogen-bond acceptors (Lipinski definition) is 5. The molecule has 0 atom stereocenters. The molecule has 0 aromatic carbocycles. The molecule has 6 nitrogen and oxygen atoms in total. The Labute approximate surface area is 96.2 Å². The predicted octanol–water partition coefficient (Wildman–Crippen LogP) is 0.647. The first-order chi connectivity index (χ1) is 7.77. The summed E-state index contributed by atoms with van der Waals surface area (Å²) in [5.41, 5.74) is 0.372. The zero-order chi connectivity index (χ0) is 11.4. The van der Waals surface area contributed by atoms with Gasteiger partial charge >= 0.3 is 0 Å². The van der Waals surface area contributed by atoms with Gasteiger partial charge in [-0.05, 0) is 12.1 Å². The molecule has 0 aliphatic carbocycles. The number of amides is 1. The number of nitrogens with one attached hydrogen (secondary N) is 1. The molecule has 2 aromatic heterocycles. The van der Waals surface area contributed by atoms with Crippen LogP contribution in [-0.2, 0) is 7.05 Å². The minimum Gasteiger partial charge on any atom is -0.310 e. The first-order valence-electron chi connectivity index (χ1n) is 4.49. The van der Waals surface area contributed by atoms with E-state index < -0.39 is 0 Å². The normalized spacial score (nSPS) is 10.1. The number of carbonyl (C=O) groups is 1. The van der Waals surface area contributed by atoms with Gasteiger partial charge in [-0.25, -0.2) is 0 Å². The summed E-state index contributed by atoms with van der Waals surface area (Å²) in [7, 11) is 1.80. The van der Waals surface area contributed by atoms with E-state index in [1.807, 2.05) is 0 Å². The van der Waals surface area contributed by atoms with Crippen molar-refractivity contribution < 1.29 is 4.79 Å². The van der Waals surface area contributed by atoms with Gasteiger partial charge in [0.05, 0.1) is 0 Å². The van der Waals surface area contributed by atoms with E-state index in [4.69, 9.17) is 0 Å². The zero-order valence-corrected chi connectivity index (χ0v) is 9.31. The van der Waals surface area contributed by atoms with Crippen molar-refractivity contribution in [2.45, 2.75) is 5.16 Å². The second kappa shape index (κ2) is 4.75. The lowest BCUT2D eigenvalue weighted by Crippen LogP contribution is -2.17. The van der Waals surface area contributed by atoms with Crippen LogP contribution in [0.25, 0.3) is 0 Å². The second-order valence-corrected chi connectivity index (χ2v) is 3.75. The molecule has 2 rings (SSSR count). The second-order valence-electron chi connectivity index (χ2n) is 2.97. The maximum atomic E-state index is 11.6. The SMILES string of the molecule is Cn1cnnc1SNC(=O)c1ccccn1. The Hall–Kier alpha value is -1.89. The third-order valence-corrected chi connectivity index (χ3v) is 2.64. The van der Waals surface area contributed by atoms with Gasteiger partial charge in [0.25, 0.3) is 5.91 Å². The maximum absolute atomic E-state index is 11.6. The molecular formula is C9H9N5OS. The molecule has 2 aromatic rings. The Balaban J connectivity index is 1.97. The van der Waals surface area contributed by atoms with Crippen molar-refractivity contribution in [3.8, 4) is 0 Å². The highest BCUT2D eigenvalue weighted by molar-refractivity contribution is 7.97. The van der Waals surface area contributed by atoms with Crippen molar-refractivity contribution in [3.05, 3.63) is 36.4 Å². The fourth-order valence-corrected chi connectivity index (χ4v) is 1.57. The molecule has 0 bridgehead atoms. The van der Waals surface area contributed by atoms with Crippen LogP contribution in [0.15, 0.2) is 35.9 Å². The molecular weight excluding hydrogens is 226 g/mol. The van der Waals surface area contributed by atoms with Crippen molar-refractivity contribution in [1.82, 2.24) is 24.5 Å². The maximum Gasteiger partial charge on any atom is 0.280 e. The number of carbonyl (C=O) groups excluding carboxylic acids is 1. The van der Waals surface area contributed by atoms with E-state index in [9.17, 15) is 4.79 Å². The van der Waals surface area contributed by atoms with Crippen LogP contribution in [0.5, 0.6) is 0 Å².